The predicted octanol–water partition coefficient (Wildman–Crippen LogP) is 2.46. The Balaban J connectivity index is 2.87. The van der Waals surface area contributed by atoms with Crippen LogP contribution < -0.4 is 5.32 Å². The fraction of sp³-hybridized carbons (Fsp3) is 0.700. The molecule has 1 N–H and O–H groups in total. The average molecular weight is 268 g/mol. The van der Waals surface area contributed by atoms with Gasteiger partial charge in [-0.2, -0.15) is 13.2 Å². The summed E-state index contributed by atoms with van der Waals surface area (Å²) in [6, 6.07) is 0. The minimum atomic E-state index is -4.38. The van der Waals surface area contributed by atoms with Crippen LogP contribution in [0.15, 0.2) is 0 Å². The second-order valence-corrected chi connectivity index (χ2v) is 4.57. The number of rotatable bonds is 6. The lowest BCUT2D eigenvalue weighted by molar-refractivity contribution is -0.141. The minimum Gasteiger partial charge on any atom is -0.384 e. The Labute approximate surface area is 102 Å². The average Bonchev–Trinajstić information content (AvgIpc) is 2.66. The summed E-state index contributed by atoms with van der Waals surface area (Å²) in [5.74, 6) is 0. The van der Waals surface area contributed by atoms with Crippen LogP contribution in [0, 0.1) is 0 Å². The summed E-state index contributed by atoms with van der Waals surface area (Å²) in [6.45, 7) is 3.06. The molecule has 0 saturated carbocycles. The third-order valence-electron chi connectivity index (χ3n) is 2.07. The van der Waals surface area contributed by atoms with E-state index in [1.54, 1.807) is 0 Å². The molecule has 0 bridgehead atoms. The van der Waals surface area contributed by atoms with E-state index in [1.165, 1.54) is 7.11 Å². The monoisotopic (exact) mass is 268 g/mol. The van der Waals surface area contributed by atoms with E-state index in [1.807, 2.05) is 6.92 Å². The van der Waals surface area contributed by atoms with E-state index >= 15 is 0 Å². The molecule has 0 aliphatic heterocycles. The van der Waals surface area contributed by atoms with Crippen LogP contribution in [-0.4, -0.2) is 25.2 Å². The molecule has 1 aromatic heterocycles. The molecule has 1 heterocycles. The summed E-state index contributed by atoms with van der Waals surface area (Å²) in [4.78, 5) is 3.89. The van der Waals surface area contributed by atoms with Crippen molar-refractivity contribution < 1.29 is 17.9 Å². The van der Waals surface area contributed by atoms with Gasteiger partial charge in [-0.25, -0.2) is 4.98 Å². The van der Waals surface area contributed by atoms with Crippen molar-refractivity contribution in [1.82, 2.24) is 10.3 Å². The molecule has 0 aliphatic carbocycles. The Morgan fingerprint density at radius 1 is 1.41 bits per heavy atom. The van der Waals surface area contributed by atoms with E-state index in [9.17, 15) is 13.2 Å². The number of thiazole rings is 1. The number of halogens is 3. The number of methoxy groups -OCH3 is 1. The standard InChI is InChI=1S/C10H15F3N2OS/c1-3-14-6-7-9(10(11,12)13)15-8(17-7)4-5-16-2/h14H,3-6H2,1-2H3. The molecule has 0 aromatic carbocycles. The maximum absolute atomic E-state index is 12.7. The van der Waals surface area contributed by atoms with Crippen LogP contribution in [0.25, 0.3) is 0 Å². The number of ether oxygens (including phenoxy) is 1. The van der Waals surface area contributed by atoms with Gasteiger partial charge in [0.1, 0.15) is 0 Å². The Morgan fingerprint density at radius 2 is 2.12 bits per heavy atom. The normalized spacial score (nSPS) is 12.1. The van der Waals surface area contributed by atoms with Gasteiger partial charge in [-0.15, -0.1) is 11.3 Å². The molecule has 0 spiro atoms. The first-order valence-electron chi connectivity index (χ1n) is 5.24. The molecule has 0 radical (unpaired) electrons. The first-order valence-corrected chi connectivity index (χ1v) is 6.06. The maximum atomic E-state index is 12.7. The summed E-state index contributed by atoms with van der Waals surface area (Å²) in [5, 5.41) is 3.35. The Hall–Kier alpha value is -0.660. The molecule has 0 fully saturated rings. The van der Waals surface area contributed by atoms with Crippen molar-refractivity contribution in [3.63, 3.8) is 0 Å². The van der Waals surface area contributed by atoms with Crippen molar-refractivity contribution in [3.05, 3.63) is 15.6 Å². The van der Waals surface area contributed by atoms with E-state index < -0.39 is 11.9 Å². The lowest BCUT2D eigenvalue weighted by Crippen LogP contribution is -2.15. The third kappa shape index (κ3) is 4.25. The zero-order valence-electron chi connectivity index (χ0n) is 9.73. The molecule has 7 heteroatoms. The highest BCUT2D eigenvalue weighted by Crippen LogP contribution is 2.34. The van der Waals surface area contributed by atoms with Gasteiger partial charge in [0, 0.05) is 20.1 Å². The molecule has 1 rings (SSSR count). The van der Waals surface area contributed by atoms with Crippen molar-refractivity contribution in [2.24, 2.45) is 0 Å². The molecule has 0 unspecified atom stereocenters. The van der Waals surface area contributed by atoms with Gasteiger partial charge in [-0.1, -0.05) is 6.92 Å². The van der Waals surface area contributed by atoms with Gasteiger partial charge >= 0.3 is 6.18 Å². The molecule has 0 aliphatic rings. The van der Waals surface area contributed by atoms with E-state index in [0.29, 0.717) is 24.6 Å². The van der Waals surface area contributed by atoms with Crippen LogP contribution in [0.2, 0.25) is 0 Å². The van der Waals surface area contributed by atoms with Crippen molar-refractivity contribution in [2.45, 2.75) is 26.1 Å². The molecule has 3 nitrogen and oxygen atoms in total. The molecule has 0 atom stereocenters. The lowest BCUT2D eigenvalue weighted by atomic mass is 10.3. The van der Waals surface area contributed by atoms with Gasteiger partial charge in [0.05, 0.1) is 16.5 Å². The molecule has 17 heavy (non-hydrogen) atoms. The van der Waals surface area contributed by atoms with Gasteiger partial charge in [-0.3, -0.25) is 0 Å². The summed E-state index contributed by atoms with van der Waals surface area (Å²) >= 11 is 1.09. The van der Waals surface area contributed by atoms with Crippen LogP contribution in [0.3, 0.4) is 0 Å². The zero-order valence-corrected chi connectivity index (χ0v) is 10.5. The van der Waals surface area contributed by atoms with E-state index in [0.717, 1.165) is 11.3 Å². The van der Waals surface area contributed by atoms with Gasteiger partial charge in [0.15, 0.2) is 5.69 Å². The van der Waals surface area contributed by atoms with Crippen molar-refractivity contribution in [1.29, 1.82) is 0 Å². The van der Waals surface area contributed by atoms with Crippen LogP contribution in [-0.2, 0) is 23.9 Å². The number of nitrogens with zero attached hydrogens (tertiary/aromatic N) is 1. The minimum absolute atomic E-state index is 0.204. The third-order valence-corrected chi connectivity index (χ3v) is 3.18. The number of aromatic nitrogens is 1. The van der Waals surface area contributed by atoms with Gasteiger partial charge in [0.25, 0.3) is 0 Å². The number of nitrogens with one attached hydrogen (secondary N) is 1. The first kappa shape index (κ1) is 14.4. The van der Waals surface area contributed by atoms with Crippen LogP contribution in [0.4, 0.5) is 13.2 Å². The predicted molar refractivity (Wildman–Crippen MR) is 60.1 cm³/mol. The van der Waals surface area contributed by atoms with E-state index in [4.69, 9.17) is 4.74 Å². The number of hydrogen-bond acceptors (Lipinski definition) is 4. The fourth-order valence-electron chi connectivity index (χ4n) is 1.28. The second-order valence-electron chi connectivity index (χ2n) is 3.40. The van der Waals surface area contributed by atoms with Crippen molar-refractivity contribution >= 4 is 11.3 Å². The summed E-state index contributed by atoms with van der Waals surface area (Å²) in [5.41, 5.74) is -0.769. The highest BCUT2D eigenvalue weighted by molar-refractivity contribution is 7.11. The number of alkyl halides is 3. The zero-order chi connectivity index (χ0) is 12.9. The van der Waals surface area contributed by atoms with Crippen LogP contribution in [0.1, 0.15) is 22.5 Å². The highest BCUT2D eigenvalue weighted by Gasteiger charge is 2.37. The maximum Gasteiger partial charge on any atom is 0.434 e. The molecule has 98 valence electrons. The van der Waals surface area contributed by atoms with Crippen molar-refractivity contribution in [3.8, 4) is 0 Å². The largest absolute Gasteiger partial charge is 0.434 e. The fourth-order valence-corrected chi connectivity index (χ4v) is 2.32. The van der Waals surface area contributed by atoms with Crippen molar-refractivity contribution in [2.75, 3.05) is 20.3 Å². The van der Waals surface area contributed by atoms with Crippen LogP contribution >= 0.6 is 11.3 Å². The lowest BCUT2D eigenvalue weighted by Gasteiger charge is -2.05. The Bertz CT molecular complexity index is 352. The summed E-state index contributed by atoms with van der Waals surface area (Å²) in [7, 11) is 1.51. The highest BCUT2D eigenvalue weighted by atomic mass is 32.1. The molecular weight excluding hydrogens is 253 g/mol. The first-order chi connectivity index (χ1) is 7.99. The van der Waals surface area contributed by atoms with E-state index in [-0.39, 0.29) is 11.4 Å². The van der Waals surface area contributed by atoms with E-state index in [2.05, 4.69) is 10.3 Å². The molecular formula is C10H15F3N2OS. The summed E-state index contributed by atoms with van der Waals surface area (Å²) in [6.07, 6.45) is -3.97. The van der Waals surface area contributed by atoms with Gasteiger partial charge in [-0.05, 0) is 6.54 Å². The second kappa shape index (κ2) is 6.32. The quantitative estimate of drug-likeness (QED) is 0.860. The molecule has 1 aromatic rings. The summed E-state index contributed by atoms with van der Waals surface area (Å²) < 4.78 is 42.9. The Morgan fingerprint density at radius 3 is 2.65 bits per heavy atom. The van der Waals surface area contributed by atoms with Gasteiger partial charge in [0.2, 0.25) is 0 Å². The Kier molecular flexibility index (Phi) is 5.35. The molecule has 0 saturated heterocycles. The van der Waals surface area contributed by atoms with Crippen LogP contribution in [0.5, 0.6) is 0 Å². The SMILES string of the molecule is CCNCc1sc(CCOC)nc1C(F)(F)F. The topological polar surface area (TPSA) is 34.1 Å². The number of hydrogen-bond donors (Lipinski definition) is 1. The molecule has 0 amide bonds. The van der Waals surface area contributed by atoms with Gasteiger partial charge < -0.3 is 10.1 Å². The smallest absolute Gasteiger partial charge is 0.384 e.